The molecule has 1 unspecified atom stereocenters. The number of piperidine rings is 1. The lowest BCUT2D eigenvalue weighted by Gasteiger charge is -2.33. The van der Waals surface area contributed by atoms with Gasteiger partial charge >= 0.3 is 0 Å². The van der Waals surface area contributed by atoms with Crippen LogP contribution in [0.5, 0.6) is 0 Å². The van der Waals surface area contributed by atoms with Gasteiger partial charge in [-0.05, 0) is 53.4 Å². The van der Waals surface area contributed by atoms with Crippen molar-refractivity contribution in [3.05, 3.63) is 30.3 Å². The van der Waals surface area contributed by atoms with Crippen molar-refractivity contribution in [1.82, 2.24) is 15.5 Å². The number of amides is 3. The van der Waals surface area contributed by atoms with Gasteiger partial charge in [-0.3, -0.25) is 20.1 Å². The summed E-state index contributed by atoms with van der Waals surface area (Å²) in [6.07, 6.45) is 1.25. The molecule has 4 rings (SSSR count). The average Bonchev–Trinajstić information content (AvgIpc) is 3.21. The van der Waals surface area contributed by atoms with Crippen molar-refractivity contribution < 1.29 is 14.4 Å². The molecule has 5 atom stereocenters. The molecule has 3 fully saturated rings. The highest BCUT2D eigenvalue weighted by molar-refractivity contribution is 7.98. The number of fused-ring (bicyclic) bond motifs is 1. The van der Waals surface area contributed by atoms with Gasteiger partial charge in [-0.15, -0.1) is 0 Å². The summed E-state index contributed by atoms with van der Waals surface area (Å²) in [6, 6.07) is 10.5. The van der Waals surface area contributed by atoms with Gasteiger partial charge in [0, 0.05) is 31.1 Å². The molecule has 0 aromatic heterocycles. The zero-order chi connectivity index (χ0) is 27.7. The normalized spacial score (nSPS) is 26.9. The molecule has 38 heavy (non-hydrogen) atoms. The van der Waals surface area contributed by atoms with Crippen LogP contribution in [0.2, 0.25) is 0 Å². The Morgan fingerprint density at radius 3 is 2.66 bits per heavy atom. The molecule has 2 saturated heterocycles. The van der Waals surface area contributed by atoms with Crippen LogP contribution < -0.4 is 21.7 Å². The van der Waals surface area contributed by atoms with E-state index < -0.39 is 12.1 Å². The van der Waals surface area contributed by atoms with Gasteiger partial charge in [0.1, 0.15) is 17.2 Å². The summed E-state index contributed by atoms with van der Waals surface area (Å²) in [7, 11) is 0. The van der Waals surface area contributed by atoms with Gasteiger partial charge in [0.05, 0.1) is 6.07 Å². The molecule has 1 aromatic rings. The minimum Gasteiger partial charge on any atom is -0.356 e. The molecule has 2 aliphatic heterocycles. The number of benzene rings is 1. The lowest BCUT2D eigenvalue weighted by molar-refractivity contribution is -0.141. The highest BCUT2D eigenvalue weighted by atomic mass is 32.1. The quantitative estimate of drug-likeness (QED) is 0.240. The number of nitrogens with two attached hydrogens (primary N) is 1. The molecule has 3 aliphatic rings. The Balaban J connectivity index is 1.38. The minimum atomic E-state index is -0.764. The molecule has 0 radical (unpaired) electrons. The maximum absolute atomic E-state index is 13.5. The number of carbonyl (C=O) groups excluding carboxylic acids is 3. The summed E-state index contributed by atoms with van der Waals surface area (Å²) >= 11 is 0.904. The molecule has 1 aliphatic carbocycles. The first kappa shape index (κ1) is 28.1. The number of carbonyl (C=O) groups is 3. The largest absolute Gasteiger partial charge is 0.356 e. The Labute approximate surface area is 228 Å². The molecular weight excluding hydrogens is 500 g/mol. The van der Waals surface area contributed by atoms with Gasteiger partial charge in [0.2, 0.25) is 17.7 Å². The number of likely N-dealkylation sites (tertiary alicyclic amines) is 1. The summed E-state index contributed by atoms with van der Waals surface area (Å²) in [5.74, 6) is 0.344. The first-order valence-corrected chi connectivity index (χ1v) is 14.4. The summed E-state index contributed by atoms with van der Waals surface area (Å²) in [5.41, 5.74) is 6.78. The Bertz CT molecular complexity index is 1140. The number of thiol groups is 1. The molecular formula is C28H40N6O3S. The second-order valence-corrected chi connectivity index (χ2v) is 13.3. The van der Waals surface area contributed by atoms with Crippen LogP contribution in [0.4, 0.5) is 5.69 Å². The third-order valence-corrected chi connectivity index (χ3v) is 9.77. The molecule has 10 heteroatoms. The van der Waals surface area contributed by atoms with Crippen molar-refractivity contribution in [1.29, 1.82) is 5.26 Å². The van der Waals surface area contributed by atoms with Crippen LogP contribution in [-0.2, 0) is 14.4 Å². The van der Waals surface area contributed by atoms with Crippen LogP contribution in [0.3, 0.4) is 0 Å². The lowest BCUT2D eigenvalue weighted by Crippen LogP contribution is -2.52. The van der Waals surface area contributed by atoms with E-state index in [1.54, 1.807) is 4.90 Å². The standard InChI is InChI=1S/C28H40N6O3S/c1-27(2,16-38-26(30)33-18-8-6-5-7-9-18)13-21(35)34-15-20-22(28(20,3)4)23(34)25(37)32-19(14-29)12-17-10-11-31-24(17)36/h5-9,17,19-20,22-23,33,38H,10-13,15-16,30H2,1-4H3,(H,31,36)(H,32,37)/t17-,19-,20-,22?,23-/m0/s1. The van der Waals surface area contributed by atoms with E-state index in [-0.39, 0.29) is 52.7 Å². The van der Waals surface area contributed by atoms with Crippen LogP contribution in [0.1, 0.15) is 47.0 Å². The van der Waals surface area contributed by atoms with Crippen molar-refractivity contribution in [3.8, 4) is 6.07 Å². The number of anilines is 1. The first-order chi connectivity index (χ1) is 17.9. The minimum absolute atomic E-state index is 0.0209. The third-order valence-electron chi connectivity index (χ3n) is 8.31. The molecule has 9 nitrogen and oxygen atoms in total. The van der Waals surface area contributed by atoms with Gasteiger partial charge < -0.3 is 20.9 Å². The van der Waals surface area contributed by atoms with Gasteiger partial charge in [0.25, 0.3) is 0 Å². The zero-order valence-corrected chi connectivity index (χ0v) is 23.6. The van der Waals surface area contributed by atoms with Crippen LogP contribution in [0.25, 0.3) is 0 Å². The predicted molar refractivity (Wildman–Crippen MR) is 151 cm³/mol. The number of para-hydroxylation sites is 1. The number of hydrogen-bond donors (Lipinski definition) is 5. The SMILES string of the molecule is CC(C)(C/[SH]=C(\N)Nc1ccccc1)CC(=O)N1C[C@H]2C([C@H]1C(=O)N[C@H](C#N)C[C@@H]1CCNC1=O)C2(C)C. The van der Waals surface area contributed by atoms with E-state index >= 15 is 0 Å². The van der Waals surface area contributed by atoms with Crippen LogP contribution in [0.15, 0.2) is 30.3 Å². The molecule has 1 aromatic carbocycles. The first-order valence-electron chi connectivity index (χ1n) is 13.3. The van der Waals surface area contributed by atoms with Crippen molar-refractivity contribution in [2.24, 2.45) is 34.3 Å². The zero-order valence-electron chi connectivity index (χ0n) is 22.7. The van der Waals surface area contributed by atoms with E-state index in [2.05, 4.69) is 35.9 Å². The van der Waals surface area contributed by atoms with Crippen molar-refractivity contribution >= 4 is 39.9 Å². The predicted octanol–water partition coefficient (Wildman–Crippen LogP) is 2.04. The van der Waals surface area contributed by atoms with Crippen molar-refractivity contribution in [3.63, 3.8) is 0 Å². The Morgan fingerprint density at radius 1 is 1.32 bits per heavy atom. The second kappa shape index (κ2) is 11.1. The molecule has 1 saturated carbocycles. The van der Waals surface area contributed by atoms with E-state index in [4.69, 9.17) is 5.73 Å². The van der Waals surface area contributed by atoms with Crippen molar-refractivity contribution in [2.75, 3.05) is 24.2 Å². The summed E-state index contributed by atoms with van der Waals surface area (Å²) in [5, 5.41) is 19.1. The van der Waals surface area contributed by atoms with E-state index in [1.165, 1.54) is 0 Å². The van der Waals surface area contributed by atoms with E-state index in [1.807, 2.05) is 44.2 Å². The number of nitrogens with zero attached hydrogens (tertiary/aromatic N) is 2. The molecule has 5 N–H and O–H groups in total. The van der Waals surface area contributed by atoms with Crippen LogP contribution in [0, 0.1) is 39.9 Å². The lowest BCUT2D eigenvalue weighted by atomic mass is 9.90. The fourth-order valence-electron chi connectivity index (χ4n) is 5.97. The van der Waals surface area contributed by atoms with E-state index in [0.29, 0.717) is 36.8 Å². The fraction of sp³-hybridized carbons (Fsp3) is 0.607. The fourth-order valence-corrected chi connectivity index (χ4v) is 6.89. The highest BCUT2D eigenvalue weighted by Crippen LogP contribution is 2.65. The monoisotopic (exact) mass is 540 g/mol. The number of nitrogens with one attached hydrogen (secondary N) is 3. The smallest absolute Gasteiger partial charge is 0.244 e. The summed E-state index contributed by atoms with van der Waals surface area (Å²) < 4.78 is 0. The van der Waals surface area contributed by atoms with E-state index in [0.717, 1.165) is 17.0 Å². The summed E-state index contributed by atoms with van der Waals surface area (Å²) in [4.78, 5) is 40.7. The maximum atomic E-state index is 13.5. The highest BCUT2D eigenvalue weighted by Gasteiger charge is 2.69. The van der Waals surface area contributed by atoms with Gasteiger partial charge in [-0.1, -0.05) is 45.9 Å². The van der Waals surface area contributed by atoms with E-state index in [9.17, 15) is 19.6 Å². The van der Waals surface area contributed by atoms with Crippen molar-refractivity contribution in [2.45, 2.75) is 59.0 Å². The van der Waals surface area contributed by atoms with Gasteiger partial charge in [-0.2, -0.15) is 16.6 Å². The topological polar surface area (TPSA) is 140 Å². The maximum Gasteiger partial charge on any atom is 0.244 e. The van der Waals surface area contributed by atoms with Gasteiger partial charge in [0.15, 0.2) is 0 Å². The molecule has 0 spiro atoms. The second-order valence-electron chi connectivity index (χ2n) is 12.2. The molecule has 2 heterocycles. The Hall–Kier alpha value is -2.90. The molecule has 0 bridgehead atoms. The van der Waals surface area contributed by atoms with Gasteiger partial charge in [-0.25, -0.2) is 0 Å². The Kier molecular flexibility index (Phi) is 8.19. The average molecular weight is 541 g/mol. The Morgan fingerprint density at radius 2 is 2.03 bits per heavy atom. The van der Waals surface area contributed by atoms with Crippen LogP contribution in [-0.4, -0.2) is 58.7 Å². The van der Waals surface area contributed by atoms with Crippen LogP contribution >= 0.6 is 11.4 Å². The number of rotatable bonds is 9. The summed E-state index contributed by atoms with van der Waals surface area (Å²) in [6.45, 7) is 9.50. The molecule has 206 valence electrons. The molecule has 3 amide bonds. The third kappa shape index (κ3) is 6.21. The number of hydrogen-bond acceptors (Lipinski definition) is 4. The number of nitriles is 1.